The number of Topliss-reactive ketones (excluding diaryl/α,β-unsaturated/α-hetero) is 1. The fourth-order valence-electron chi connectivity index (χ4n) is 1.88. The van der Waals surface area contributed by atoms with Crippen LogP contribution in [-0.2, 0) is 13.0 Å². The van der Waals surface area contributed by atoms with Crippen LogP contribution >= 0.6 is 0 Å². The quantitative estimate of drug-likeness (QED) is 0.742. The van der Waals surface area contributed by atoms with Crippen LogP contribution in [0.4, 0.5) is 0 Å². The van der Waals surface area contributed by atoms with Gasteiger partial charge in [-0.05, 0) is 26.1 Å². The highest BCUT2D eigenvalue weighted by molar-refractivity contribution is 5.94. The first-order chi connectivity index (χ1) is 10.2. The fourth-order valence-corrected chi connectivity index (χ4v) is 1.88. The molecular formula is C15H20N4O2. The smallest absolute Gasteiger partial charge is 0.159 e. The lowest BCUT2D eigenvalue weighted by molar-refractivity contribution is 0.101. The number of hydrogen-bond donors (Lipinski definition) is 1. The van der Waals surface area contributed by atoms with Crippen LogP contribution in [0.25, 0.3) is 0 Å². The Kier molecular flexibility index (Phi) is 5.45. The Morgan fingerprint density at radius 1 is 1.43 bits per heavy atom. The standard InChI is InChI=1S/C15H20N4O2/c1-12(20)13-4-3-5-15(10-13)21-9-8-19-11-14(17-18-19)6-7-16-2/h3-5,10-11,16H,6-9H2,1-2H3. The number of ether oxygens (including phenoxy) is 1. The van der Waals surface area contributed by atoms with E-state index in [1.54, 1.807) is 23.7 Å². The van der Waals surface area contributed by atoms with E-state index in [1.807, 2.05) is 25.4 Å². The molecule has 0 unspecified atom stereocenters. The van der Waals surface area contributed by atoms with Gasteiger partial charge in [0.25, 0.3) is 0 Å². The van der Waals surface area contributed by atoms with Gasteiger partial charge in [-0.2, -0.15) is 0 Å². The van der Waals surface area contributed by atoms with Crippen molar-refractivity contribution < 1.29 is 9.53 Å². The first kappa shape index (κ1) is 15.2. The molecule has 1 N–H and O–H groups in total. The molecule has 0 aliphatic carbocycles. The number of ketones is 1. The van der Waals surface area contributed by atoms with E-state index in [0.29, 0.717) is 24.5 Å². The van der Waals surface area contributed by atoms with Gasteiger partial charge >= 0.3 is 0 Å². The number of carbonyl (C=O) groups excluding carboxylic acids is 1. The van der Waals surface area contributed by atoms with E-state index >= 15 is 0 Å². The maximum absolute atomic E-state index is 11.3. The molecule has 112 valence electrons. The summed E-state index contributed by atoms with van der Waals surface area (Å²) in [4.78, 5) is 11.3. The lowest BCUT2D eigenvalue weighted by Crippen LogP contribution is -2.10. The van der Waals surface area contributed by atoms with Gasteiger partial charge in [0.1, 0.15) is 12.4 Å². The predicted octanol–water partition coefficient (Wildman–Crippen LogP) is 1.32. The second kappa shape index (κ2) is 7.54. The second-order valence-corrected chi connectivity index (χ2v) is 4.76. The van der Waals surface area contributed by atoms with Gasteiger partial charge in [0, 0.05) is 24.7 Å². The van der Waals surface area contributed by atoms with Crippen LogP contribution in [0.1, 0.15) is 23.0 Å². The predicted molar refractivity (Wildman–Crippen MR) is 79.6 cm³/mol. The van der Waals surface area contributed by atoms with Crippen molar-refractivity contribution in [3.8, 4) is 5.75 Å². The van der Waals surface area contributed by atoms with Gasteiger partial charge in [-0.1, -0.05) is 17.3 Å². The zero-order valence-corrected chi connectivity index (χ0v) is 12.4. The van der Waals surface area contributed by atoms with E-state index in [0.717, 1.165) is 18.7 Å². The highest BCUT2D eigenvalue weighted by Gasteiger charge is 2.03. The van der Waals surface area contributed by atoms with Crippen molar-refractivity contribution in [1.82, 2.24) is 20.3 Å². The second-order valence-electron chi connectivity index (χ2n) is 4.76. The summed E-state index contributed by atoms with van der Waals surface area (Å²) in [5, 5.41) is 11.2. The fraction of sp³-hybridized carbons (Fsp3) is 0.400. The van der Waals surface area contributed by atoms with Gasteiger partial charge in [-0.25, -0.2) is 4.68 Å². The average Bonchev–Trinajstić information content (AvgIpc) is 2.93. The summed E-state index contributed by atoms with van der Waals surface area (Å²) in [6.07, 6.45) is 2.78. The molecule has 6 nitrogen and oxygen atoms in total. The number of nitrogens with zero attached hydrogens (tertiary/aromatic N) is 3. The van der Waals surface area contributed by atoms with Crippen molar-refractivity contribution in [1.29, 1.82) is 0 Å². The van der Waals surface area contributed by atoms with Crippen LogP contribution in [0.3, 0.4) is 0 Å². The summed E-state index contributed by atoms with van der Waals surface area (Å²) in [5.74, 6) is 0.726. The zero-order chi connectivity index (χ0) is 15.1. The SMILES string of the molecule is CNCCc1cn(CCOc2cccc(C(C)=O)c2)nn1. The molecule has 0 amide bonds. The van der Waals surface area contributed by atoms with Gasteiger partial charge in [0.05, 0.1) is 12.2 Å². The molecule has 1 aromatic carbocycles. The zero-order valence-electron chi connectivity index (χ0n) is 12.4. The largest absolute Gasteiger partial charge is 0.492 e. The van der Waals surface area contributed by atoms with E-state index in [1.165, 1.54) is 0 Å². The van der Waals surface area contributed by atoms with Crippen LogP contribution in [0.2, 0.25) is 0 Å². The summed E-state index contributed by atoms with van der Waals surface area (Å²) >= 11 is 0. The van der Waals surface area contributed by atoms with E-state index < -0.39 is 0 Å². The summed E-state index contributed by atoms with van der Waals surface area (Å²) in [6, 6.07) is 7.19. The van der Waals surface area contributed by atoms with E-state index in [4.69, 9.17) is 4.74 Å². The Bertz CT molecular complexity index is 595. The normalized spacial score (nSPS) is 10.6. The minimum atomic E-state index is 0.0332. The number of carbonyl (C=O) groups is 1. The molecule has 0 bridgehead atoms. The minimum Gasteiger partial charge on any atom is -0.492 e. The van der Waals surface area contributed by atoms with Crippen molar-refractivity contribution in [2.45, 2.75) is 19.9 Å². The van der Waals surface area contributed by atoms with Gasteiger partial charge in [-0.3, -0.25) is 4.79 Å². The molecular weight excluding hydrogens is 268 g/mol. The third-order valence-electron chi connectivity index (χ3n) is 3.05. The highest BCUT2D eigenvalue weighted by Crippen LogP contribution is 2.13. The van der Waals surface area contributed by atoms with Crippen molar-refractivity contribution in [3.05, 3.63) is 41.7 Å². The van der Waals surface area contributed by atoms with E-state index in [2.05, 4.69) is 15.6 Å². The molecule has 0 atom stereocenters. The highest BCUT2D eigenvalue weighted by atomic mass is 16.5. The Morgan fingerprint density at radius 2 is 2.29 bits per heavy atom. The van der Waals surface area contributed by atoms with Crippen LogP contribution in [0.5, 0.6) is 5.75 Å². The third kappa shape index (κ3) is 4.68. The van der Waals surface area contributed by atoms with E-state index in [-0.39, 0.29) is 5.78 Å². The minimum absolute atomic E-state index is 0.0332. The first-order valence-electron chi connectivity index (χ1n) is 6.96. The number of rotatable bonds is 8. The summed E-state index contributed by atoms with van der Waals surface area (Å²) < 4.78 is 7.40. The lowest BCUT2D eigenvalue weighted by Gasteiger charge is -2.06. The van der Waals surface area contributed by atoms with Gasteiger partial charge in [0.15, 0.2) is 5.78 Å². The van der Waals surface area contributed by atoms with Crippen molar-refractivity contribution in [2.24, 2.45) is 0 Å². The van der Waals surface area contributed by atoms with Crippen LogP contribution in [0.15, 0.2) is 30.5 Å². The molecule has 1 heterocycles. The van der Waals surface area contributed by atoms with Gasteiger partial charge < -0.3 is 10.1 Å². The van der Waals surface area contributed by atoms with Crippen molar-refractivity contribution >= 4 is 5.78 Å². The maximum atomic E-state index is 11.3. The molecule has 0 spiro atoms. The van der Waals surface area contributed by atoms with E-state index in [9.17, 15) is 4.79 Å². The first-order valence-corrected chi connectivity index (χ1v) is 6.96. The molecule has 0 radical (unpaired) electrons. The number of nitrogens with one attached hydrogen (secondary N) is 1. The maximum Gasteiger partial charge on any atom is 0.159 e. The number of hydrogen-bond acceptors (Lipinski definition) is 5. The summed E-state index contributed by atoms with van der Waals surface area (Å²) in [6.45, 7) is 3.53. The molecule has 6 heteroatoms. The van der Waals surface area contributed by atoms with Crippen LogP contribution in [-0.4, -0.2) is 41.0 Å². The molecule has 0 saturated carbocycles. The molecule has 0 aliphatic rings. The van der Waals surface area contributed by atoms with Crippen molar-refractivity contribution in [3.63, 3.8) is 0 Å². The van der Waals surface area contributed by atoms with Crippen LogP contribution < -0.4 is 10.1 Å². The average molecular weight is 288 g/mol. The summed E-state index contributed by atoms with van der Waals surface area (Å²) in [5.41, 5.74) is 1.62. The molecule has 1 aromatic heterocycles. The monoisotopic (exact) mass is 288 g/mol. The van der Waals surface area contributed by atoms with Crippen molar-refractivity contribution in [2.75, 3.05) is 20.2 Å². The van der Waals surface area contributed by atoms with Crippen LogP contribution in [0, 0.1) is 0 Å². The molecule has 0 aliphatic heterocycles. The third-order valence-corrected chi connectivity index (χ3v) is 3.05. The van der Waals surface area contributed by atoms with Gasteiger partial charge in [-0.15, -0.1) is 5.10 Å². The molecule has 2 rings (SSSR count). The Labute approximate surface area is 124 Å². The molecule has 0 saturated heterocycles. The molecule has 2 aromatic rings. The molecule has 21 heavy (non-hydrogen) atoms. The Balaban J connectivity index is 1.82. The molecule has 0 fully saturated rings. The number of benzene rings is 1. The number of likely N-dealkylation sites (N-methyl/N-ethyl adjacent to an activating group) is 1. The topological polar surface area (TPSA) is 69.0 Å². The Morgan fingerprint density at radius 3 is 3.05 bits per heavy atom. The number of aromatic nitrogens is 3. The Hall–Kier alpha value is -2.21. The van der Waals surface area contributed by atoms with Gasteiger partial charge in [0.2, 0.25) is 0 Å². The summed E-state index contributed by atoms with van der Waals surface area (Å²) in [7, 11) is 1.91. The lowest BCUT2D eigenvalue weighted by atomic mass is 10.1.